The van der Waals surface area contributed by atoms with Gasteiger partial charge in [0.25, 0.3) is 5.22 Å². The zero-order chi connectivity index (χ0) is 18.4. The Morgan fingerprint density at radius 2 is 1.88 bits per heavy atom. The summed E-state index contributed by atoms with van der Waals surface area (Å²) in [6.07, 6.45) is 0.694. The first-order chi connectivity index (χ1) is 12.7. The number of hydrogen-bond acceptors (Lipinski definition) is 7. The molecule has 1 aromatic carbocycles. The van der Waals surface area contributed by atoms with Crippen LogP contribution in [0.25, 0.3) is 0 Å². The smallest absolute Gasteiger partial charge is 0.277 e. The number of aromatic nitrogens is 2. The summed E-state index contributed by atoms with van der Waals surface area (Å²) in [5.74, 6) is 0.741. The summed E-state index contributed by atoms with van der Waals surface area (Å²) in [7, 11) is 0. The molecule has 1 amide bonds. The normalized spacial score (nSPS) is 15.2. The molecule has 1 fully saturated rings. The average molecular weight is 375 g/mol. The Morgan fingerprint density at radius 3 is 2.50 bits per heavy atom. The molecule has 0 saturated carbocycles. The highest BCUT2D eigenvalue weighted by Gasteiger charge is 2.16. The van der Waals surface area contributed by atoms with Crippen molar-refractivity contribution in [3.63, 3.8) is 0 Å². The lowest BCUT2D eigenvalue weighted by molar-refractivity contribution is -0.113. The van der Waals surface area contributed by atoms with Crippen LogP contribution in [0, 0.1) is 0 Å². The first-order valence-corrected chi connectivity index (χ1v) is 9.99. The number of carbonyl (C=O) groups is 1. The number of aryl methyl sites for hydroxylation is 1. The number of thioether (sulfide) groups is 1. The summed E-state index contributed by atoms with van der Waals surface area (Å²) in [4.78, 5) is 16.9. The van der Waals surface area contributed by atoms with Gasteiger partial charge in [-0.25, -0.2) is 0 Å². The fourth-order valence-electron chi connectivity index (χ4n) is 2.84. The van der Waals surface area contributed by atoms with Gasteiger partial charge in [0.1, 0.15) is 0 Å². The maximum atomic E-state index is 12.1. The van der Waals surface area contributed by atoms with Crippen molar-refractivity contribution in [1.82, 2.24) is 15.1 Å². The molecule has 0 aliphatic carbocycles. The van der Waals surface area contributed by atoms with Gasteiger partial charge < -0.3 is 19.5 Å². The van der Waals surface area contributed by atoms with E-state index >= 15 is 0 Å². The predicted octanol–water partition coefficient (Wildman–Crippen LogP) is 2.50. The summed E-state index contributed by atoms with van der Waals surface area (Å²) in [6, 6.07) is 8.03. The van der Waals surface area contributed by atoms with Crippen LogP contribution in [-0.4, -0.2) is 59.5 Å². The number of amides is 1. The van der Waals surface area contributed by atoms with E-state index in [1.807, 2.05) is 19.1 Å². The maximum Gasteiger partial charge on any atom is 0.277 e. The van der Waals surface area contributed by atoms with Crippen molar-refractivity contribution >= 4 is 29.0 Å². The second kappa shape index (κ2) is 9.05. The van der Waals surface area contributed by atoms with E-state index in [9.17, 15) is 4.79 Å². The molecule has 1 aliphatic rings. The molecule has 2 aromatic rings. The summed E-state index contributed by atoms with van der Waals surface area (Å²) in [6.45, 7) is 9.54. The molecule has 0 spiro atoms. The molecule has 7 nitrogen and oxygen atoms in total. The first kappa shape index (κ1) is 18.7. The van der Waals surface area contributed by atoms with Gasteiger partial charge in [-0.15, -0.1) is 10.2 Å². The van der Waals surface area contributed by atoms with Crippen LogP contribution in [-0.2, 0) is 11.2 Å². The van der Waals surface area contributed by atoms with Crippen LogP contribution in [0.1, 0.15) is 19.7 Å². The van der Waals surface area contributed by atoms with Gasteiger partial charge in [0, 0.05) is 44.0 Å². The van der Waals surface area contributed by atoms with Crippen LogP contribution in [0.15, 0.2) is 33.9 Å². The van der Waals surface area contributed by atoms with Gasteiger partial charge in [0.15, 0.2) is 0 Å². The molecule has 26 heavy (non-hydrogen) atoms. The SMILES string of the molecule is CCc1nnc(SCC(=O)Nc2ccc(N3CCN(CC)CC3)cc2)o1. The van der Waals surface area contributed by atoms with Crippen molar-refractivity contribution in [1.29, 1.82) is 0 Å². The maximum absolute atomic E-state index is 12.1. The fourth-order valence-corrected chi connectivity index (χ4v) is 3.42. The first-order valence-electron chi connectivity index (χ1n) is 9.00. The summed E-state index contributed by atoms with van der Waals surface area (Å²) < 4.78 is 5.38. The number of benzene rings is 1. The van der Waals surface area contributed by atoms with Crippen molar-refractivity contribution < 1.29 is 9.21 Å². The zero-order valence-corrected chi connectivity index (χ0v) is 16.1. The topological polar surface area (TPSA) is 74.5 Å². The van der Waals surface area contributed by atoms with E-state index < -0.39 is 0 Å². The lowest BCUT2D eigenvalue weighted by Crippen LogP contribution is -2.46. The second-order valence-corrected chi connectivity index (χ2v) is 7.05. The van der Waals surface area contributed by atoms with Gasteiger partial charge in [0.05, 0.1) is 5.75 Å². The van der Waals surface area contributed by atoms with Gasteiger partial charge in [-0.05, 0) is 30.8 Å². The highest BCUT2D eigenvalue weighted by Crippen LogP contribution is 2.20. The number of anilines is 2. The van der Waals surface area contributed by atoms with Crippen LogP contribution in [0.5, 0.6) is 0 Å². The van der Waals surface area contributed by atoms with E-state index in [1.54, 1.807) is 0 Å². The van der Waals surface area contributed by atoms with Crippen molar-refractivity contribution in [2.75, 3.05) is 48.7 Å². The Balaban J connectivity index is 1.47. The highest BCUT2D eigenvalue weighted by atomic mass is 32.2. The second-order valence-electron chi connectivity index (χ2n) is 6.12. The van der Waals surface area contributed by atoms with Crippen molar-refractivity contribution in [3.8, 4) is 0 Å². The minimum Gasteiger partial charge on any atom is -0.416 e. The van der Waals surface area contributed by atoms with Crippen molar-refractivity contribution in [3.05, 3.63) is 30.2 Å². The molecule has 140 valence electrons. The lowest BCUT2D eigenvalue weighted by Gasteiger charge is -2.35. The molecule has 0 bridgehead atoms. The molecule has 0 atom stereocenters. The van der Waals surface area contributed by atoms with Gasteiger partial charge >= 0.3 is 0 Å². The van der Waals surface area contributed by atoms with Crippen LogP contribution in [0.2, 0.25) is 0 Å². The number of nitrogens with zero attached hydrogens (tertiary/aromatic N) is 4. The van der Waals surface area contributed by atoms with Gasteiger partial charge in [-0.1, -0.05) is 25.6 Å². The van der Waals surface area contributed by atoms with Crippen LogP contribution >= 0.6 is 11.8 Å². The number of rotatable bonds is 7. The van der Waals surface area contributed by atoms with E-state index in [4.69, 9.17) is 4.42 Å². The molecule has 1 N–H and O–H groups in total. The van der Waals surface area contributed by atoms with E-state index in [2.05, 4.69) is 44.4 Å². The van der Waals surface area contributed by atoms with E-state index in [0.717, 1.165) is 38.4 Å². The fraction of sp³-hybridized carbons (Fsp3) is 0.500. The molecule has 2 heterocycles. The van der Waals surface area contributed by atoms with Crippen LogP contribution in [0.4, 0.5) is 11.4 Å². The van der Waals surface area contributed by atoms with Crippen molar-refractivity contribution in [2.24, 2.45) is 0 Å². The third kappa shape index (κ3) is 4.98. The Bertz CT molecular complexity index is 711. The Kier molecular flexibility index (Phi) is 6.51. The number of likely N-dealkylation sites (N-methyl/N-ethyl adjacent to an activating group) is 1. The molecule has 1 aromatic heterocycles. The van der Waals surface area contributed by atoms with Crippen LogP contribution < -0.4 is 10.2 Å². The molecule has 3 rings (SSSR count). The number of nitrogens with one attached hydrogen (secondary N) is 1. The minimum atomic E-state index is -0.0874. The predicted molar refractivity (Wildman–Crippen MR) is 104 cm³/mol. The van der Waals surface area contributed by atoms with E-state index in [0.29, 0.717) is 17.5 Å². The summed E-state index contributed by atoms with van der Waals surface area (Å²) in [5, 5.41) is 11.1. The molecular weight excluding hydrogens is 350 g/mol. The van der Waals surface area contributed by atoms with Crippen LogP contribution in [0.3, 0.4) is 0 Å². The number of piperazine rings is 1. The third-order valence-electron chi connectivity index (χ3n) is 4.41. The van der Waals surface area contributed by atoms with E-state index in [1.165, 1.54) is 17.4 Å². The molecule has 8 heteroatoms. The summed E-state index contributed by atoms with van der Waals surface area (Å²) >= 11 is 1.25. The Labute approximate surface area is 158 Å². The lowest BCUT2D eigenvalue weighted by atomic mass is 10.2. The Hall–Kier alpha value is -2.06. The molecule has 0 radical (unpaired) electrons. The quantitative estimate of drug-likeness (QED) is 0.745. The Morgan fingerprint density at radius 1 is 1.15 bits per heavy atom. The molecule has 0 unspecified atom stereocenters. The summed E-state index contributed by atoms with van der Waals surface area (Å²) in [5.41, 5.74) is 2.00. The third-order valence-corrected chi connectivity index (χ3v) is 5.23. The largest absolute Gasteiger partial charge is 0.416 e. The minimum absolute atomic E-state index is 0.0874. The molecule has 1 aliphatic heterocycles. The molecule has 1 saturated heterocycles. The van der Waals surface area contributed by atoms with E-state index in [-0.39, 0.29) is 11.7 Å². The number of carbonyl (C=O) groups excluding carboxylic acids is 1. The average Bonchev–Trinajstić information content (AvgIpc) is 3.15. The molecular formula is C18H25N5O2S. The number of hydrogen-bond donors (Lipinski definition) is 1. The zero-order valence-electron chi connectivity index (χ0n) is 15.3. The van der Waals surface area contributed by atoms with Gasteiger partial charge in [0.2, 0.25) is 11.8 Å². The van der Waals surface area contributed by atoms with Gasteiger partial charge in [-0.3, -0.25) is 4.79 Å². The van der Waals surface area contributed by atoms with Gasteiger partial charge in [-0.2, -0.15) is 0 Å². The monoisotopic (exact) mass is 375 g/mol. The standard InChI is InChI=1S/C18H25N5O2S/c1-3-17-20-21-18(25-17)26-13-16(24)19-14-5-7-15(8-6-14)23-11-9-22(4-2)10-12-23/h5-8H,3-4,9-13H2,1-2H3,(H,19,24). The van der Waals surface area contributed by atoms with Crippen molar-refractivity contribution in [2.45, 2.75) is 25.5 Å². The highest BCUT2D eigenvalue weighted by molar-refractivity contribution is 7.99.